The van der Waals surface area contributed by atoms with Gasteiger partial charge in [0.05, 0.1) is 11.4 Å². The van der Waals surface area contributed by atoms with E-state index in [1.807, 2.05) is 18.0 Å². The average Bonchev–Trinajstić information content (AvgIpc) is 2.17. The Kier molecular flexibility index (Phi) is 3.79. The summed E-state index contributed by atoms with van der Waals surface area (Å²) in [4.78, 5) is 2.00. The topological polar surface area (TPSA) is 29.3 Å². The van der Waals surface area contributed by atoms with Crippen LogP contribution in [0.5, 0.6) is 0 Å². The third kappa shape index (κ3) is 3.40. The number of hydrogen-bond donors (Lipinski definition) is 1. The number of nitrogens with two attached hydrogens (primary N) is 1. The van der Waals surface area contributed by atoms with Crippen molar-refractivity contribution < 1.29 is 4.39 Å². The number of nitrogen functional groups attached to an aromatic ring is 1. The Morgan fingerprint density at radius 2 is 1.94 bits per heavy atom. The minimum absolute atomic E-state index is 0.235. The summed E-state index contributed by atoms with van der Waals surface area (Å²) in [7, 11) is 1.94. The van der Waals surface area contributed by atoms with Gasteiger partial charge < -0.3 is 10.6 Å². The summed E-state index contributed by atoms with van der Waals surface area (Å²) in [6.45, 7) is 7.44. The molecule has 0 aliphatic heterocycles. The van der Waals surface area contributed by atoms with Gasteiger partial charge in [-0.05, 0) is 24.0 Å². The van der Waals surface area contributed by atoms with Gasteiger partial charge in [0, 0.05) is 13.6 Å². The van der Waals surface area contributed by atoms with Crippen molar-refractivity contribution in [1.82, 2.24) is 0 Å². The summed E-state index contributed by atoms with van der Waals surface area (Å²) in [6, 6.07) is 4.92. The maximum atomic E-state index is 13.3. The van der Waals surface area contributed by atoms with Crippen molar-refractivity contribution in [3.8, 4) is 0 Å². The van der Waals surface area contributed by atoms with Crippen LogP contribution in [0.4, 0.5) is 15.8 Å². The zero-order valence-electron chi connectivity index (χ0n) is 10.5. The second-order valence-corrected chi connectivity index (χ2v) is 5.40. The van der Waals surface area contributed by atoms with Crippen molar-refractivity contribution in [1.29, 1.82) is 0 Å². The molecule has 0 aliphatic carbocycles. The molecule has 0 fully saturated rings. The highest BCUT2D eigenvalue weighted by atomic mass is 19.1. The molecular formula is C13H21FN2. The van der Waals surface area contributed by atoms with E-state index in [4.69, 9.17) is 5.73 Å². The van der Waals surface area contributed by atoms with Gasteiger partial charge in [0.2, 0.25) is 0 Å². The molecular weight excluding hydrogens is 203 g/mol. The first-order chi connectivity index (χ1) is 7.31. The standard InChI is InChI=1S/C13H21FN2/c1-13(2,3)8-9-16(4)11-7-5-6-10(14)12(11)15/h5-7H,8-9,15H2,1-4H3. The van der Waals surface area contributed by atoms with Crippen molar-refractivity contribution in [3.63, 3.8) is 0 Å². The molecule has 2 nitrogen and oxygen atoms in total. The molecule has 0 heterocycles. The first-order valence-electron chi connectivity index (χ1n) is 5.56. The zero-order valence-corrected chi connectivity index (χ0v) is 10.5. The summed E-state index contributed by atoms with van der Waals surface area (Å²) < 4.78 is 13.3. The van der Waals surface area contributed by atoms with Gasteiger partial charge in [-0.15, -0.1) is 0 Å². The Bertz CT molecular complexity index is 355. The average molecular weight is 224 g/mol. The van der Waals surface area contributed by atoms with Crippen LogP contribution in [0.1, 0.15) is 27.2 Å². The smallest absolute Gasteiger partial charge is 0.148 e. The molecule has 0 aliphatic rings. The third-order valence-corrected chi connectivity index (χ3v) is 2.64. The molecule has 0 saturated carbocycles. The highest BCUT2D eigenvalue weighted by molar-refractivity contribution is 5.67. The molecule has 1 rings (SSSR count). The summed E-state index contributed by atoms with van der Waals surface area (Å²) in [5.41, 5.74) is 6.98. The highest BCUT2D eigenvalue weighted by Crippen LogP contribution is 2.26. The predicted octanol–water partition coefficient (Wildman–Crippen LogP) is 3.28. The van der Waals surface area contributed by atoms with E-state index in [1.165, 1.54) is 6.07 Å². The van der Waals surface area contributed by atoms with E-state index in [9.17, 15) is 4.39 Å². The van der Waals surface area contributed by atoms with Crippen LogP contribution >= 0.6 is 0 Å². The normalized spacial score (nSPS) is 11.6. The number of nitrogens with zero attached hydrogens (tertiary/aromatic N) is 1. The fourth-order valence-corrected chi connectivity index (χ4v) is 1.48. The SMILES string of the molecule is CN(CCC(C)(C)C)c1cccc(F)c1N. The van der Waals surface area contributed by atoms with Crippen molar-refractivity contribution in [3.05, 3.63) is 24.0 Å². The predicted molar refractivity (Wildman–Crippen MR) is 68.2 cm³/mol. The lowest BCUT2D eigenvalue weighted by Gasteiger charge is -2.26. The molecule has 90 valence electrons. The van der Waals surface area contributed by atoms with E-state index in [1.54, 1.807) is 6.07 Å². The molecule has 0 spiro atoms. The van der Waals surface area contributed by atoms with Crippen molar-refractivity contribution in [2.75, 3.05) is 24.2 Å². The van der Waals surface area contributed by atoms with Gasteiger partial charge in [0.1, 0.15) is 5.82 Å². The maximum absolute atomic E-state index is 13.3. The lowest BCUT2D eigenvalue weighted by atomic mass is 9.92. The van der Waals surface area contributed by atoms with Crippen LogP contribution in [-0.4, -0.2) is 13.6 Å². The minimum Gasteiger partial charge on any atom is -0.395 e. The molecule has 0 aromatic heterocycles. The summed E-state index contributed by atoms with van der Waals surface area (Å²) in [5.74, 6) is -0.347. The molecule has 2 N–H and O–H groups in total. The van der Waals surface area contributed by atoms with Crippen LogP contribution in [0.2, 0.25) is 0 Å². The molecule has 1 aromatic carbocycles. The number of anilines is 2. The molecule has 3 heteroatoms. The molecule has 0 atom stereocenters. The number of benzene rings is 1. The Labute approximate surface area is 97.3 Å². The monoisotopic (exact) mass is 224 g/mol. The van der Waals surface area contributed by atoms with E-state index in [0.29, 0.717) is 0 Å². The third-order valence-electron chi connectivity index (χ3n) is 2.64. The Hall–Kier alpha value is -1.25. The lowest BCUT2D eigenvalue weighted by Crippen LogP contribution is -2.24. The van der Waals surface area contributed by atoms with E-state index < -0.39 is 0 Å². The molecule has 16 heavy (non-hydrogen) atoms. The van der Waals surface area contributed by atoms with Gasteiger partial charge in [-0.2, -0.15) is 0 Å². The van der Waals surface area contributed by atoms with E-state index in [0.717, 1.165) is 18.7 Å². The number of halogens is 1. The van der Waals surface area contributed by atoms with Crippen molar-refractivity contribution in [2.45, 2.75) is 27.2 Å². The van der Waals surface area contributed by atoms with Crippen LogP contribution in [-0.2, 0) is 0 Å². The maximum Gasteiger partial charge on any atom is 0.148 e. The van der Waals surface area contributed by atoms with Crippen LogP contribution < -0.4 is 10.6 Å². The molecule has 0 amide bonds. The van der Waals surface area contributed by atoms with E-state index >= 15 is 0 Å². The first kappa shape index (κ1) is 12.8. The first-order valence-corrected chi connectivity index (χ1v) is 5.56. The molecule has 0 saturated heterocycles. The van der Waals surface area contributed by atoms with Gasteiger partial charge in [0.15, 0.2) is 0 Å². The number of para-hydroxylation sites is 1. The Morgan fingerprint density at radius 1 is 1.31 bits per heavy atom. The fraction of sp³-hybridized carbons (Fsp3) is 0.538. The summed E-state index contributed by atoms with van der Waals surface area (Å²) in [6.07, 6.45) is 1.04. The molecule has 0 unspecified atom stereocenters. The van der Waals surface area contributed by atoms with Crippen LogP contribution in [0, 0.1) is 11.2 Å². The largest absolute Gasteiger partial charge is 0.395 e. The highest BCUT2D eigenvalue weighted by Gasteiger charge is 2.13. The molecule has 0 bridgehead atoms. The summed E-state index contributed by atoms with van der Waals surface area (Å²) in [5, 5.41) is 0. The van der Waals surface area contributed by atoms with Crippen LogP contribution in [0.3, 0.4) is 0 Å². The van der Waals surface area contributed by atoms with Gasteiger partial charge in [-0.3, -0.25) is 0 Å². The van der Waals surface area contributed by atoms with Gasteiger partial charge in [-0.25, -0.2) is 4.39 Å². The van der Waals surface area contributed by atoms with Crippen molar-refractivity contribution in [2.24, 2.45) is 5.41 Å². The van der Waals surface area contributed by atoms with Crippen LogP contribution in [0.15, 0.2) is 18.2 Å². The molecule has 0 radical (unpaired) electrons. The van der Waals surface area contributed by atoms with Gasteiger partial charge in [-0.1, -0.05) is 26.8 Å². The Balaban J connectivity index is 2.73. The Morgan fingerprint density at radius 3 is 2.50 bits per heavy atom. The number of hydrogen-bond acceptors (Lipinski definition) is 2. The van der Waals surface area contributed by atoms with Crippen LogP contribution in [0.25, 0.3) is 0 Å². The van der Waals surface area contributed by atoms with E-state index in [2.05, 4.69) is 20.8 Å². The number of rotatable bonds is 3. The van der Waals surface area contributed by atoms with Gasteiger partial charge >= 0.3 is 0 Å². The van der Waals surface area contributed by atoms with Gasteiger partial charge in [0.25, 0.3) is 0 Å². The van der Waals surface area contributed by atoms with Crippen molar-refractivity contribution >= 4 is 11.4 Å². The molecule has 1 aromatic rings. The quantitative estimate of drug-likeness (QED) is 0.798. The summed E-state index contributed by atoms with van der Waals surface area (Å²) >= 11 is 0. The van der Waals surface area contributed by atoms with E-state index in [-0.39, 0.29) is 16.9 Å². The second-order valence-electron chi connectivity index (χ2n) is 5.40. The lowest BCUT2D eigenvalue weighted by molar-refractivity contribution is 0.381. The second kappa shape index (κ2) is 4.73. The zero-order chi connectivity index (χ0) is 12.3. The minimum atomic E-state index is -0.347. The fourth-order valence-electron chi connectivity index (χ4n) is 1.48.